The number of carbonyl (C=O) groups excluding carboxylic acids is 2. The number of aliphatic hydroxyl groups excluding tert-OH is 1. The first-order chi connectivity index (χ1) is 15.4. The van der Waals surface area contributed by atoms with Gasteiger partial charge >= 0.3 is 0 Å². The van der Waals surface area contributed by atoms with Gasteiger partial charge in [0.15, 0.2) is 0 Å². The summed E-state index contributed by atoms with van der Waals surface area (Å²) in [7, 11) is 0. The molecular formula is C27H25NO4. The van der Waals surface area contributed by atoms with Crippen molar-refractivity contribution in [3.8, 4) is 5.75 Å². The fourth-order valence-electron chi connectivity index (χ4n) is 3.96. The Balaban J connectivity index is 1.91. The third-order valence-electron chi connectivity index (χ3n) is 5.77. The van der Waals surface area contributed by atoms with Gasteiger partial charge in [0, 0.05) is 11.3 Å². The molecule has 162 valence electrons. The first-order valence-corrected chi connectivity index (χ1v) is 10.6. The topological polar surface area (TPSA) is 66.8 Å². The minimum atomic E-state index is -0.755. The molecule has 1 aliphatic rings. The number of para-hydroxylation sites is 1. The Hall–Kier alpha value is -3.86. The molecule has 1 fully saturated rings. The molecule has 0 aliphatic carbocycles. The number of rotatable bonds is 5. The van der Waals surface area contributed by atoms with Gasteiger partial charge in [0.2, 0.25) is 0 Å². The number of anilines is 1. The van der Waals surface area contributed by atoms with E-state index in [1.807, 2.05) is 63.2 Å². The van der Waals surface area contributed by atoms with Crippen molar-refractivity contribution in [2.24, 2.45) is 0 Å². The van der Waals surface area contributed by atoms with Gasteiger partial charge in [0.25, 0.3) is 11.7 Å². The molecule has 4 rings (SSSR count). The maximum atomic E-state index is 13.2. The Labute approximate surface area is 187 Å². The SMILES string of the molecule is CCOc1ccc(C2/C(=C(/O)c3ccc(C)c(C)c3)C(=O)C(=O)N2c2ccccc2)cc1. The van der Waals surface area contributed by atoms with E-state index >= 15 is 0 Å². The Morgan fingerprint density at radius 1 is 0.938 bits per heavy atom. The number of aliphatic hydroxyl groups is 1. The second kappa shape index (κ2) is 8.71. The second-order valence-electron chi connectivity index (χ2n) is 7.81. The van der Waals surface area contributed by atoms with Crippen LogP contribution in [0.5, 0.6) is 5.75 Å². The summed E-state index contributed by atoms with van der Waals surface area (Å²) < 4.78 is 5.54. The Bertz CT molecular complexity index is 1200. The van der Waals surface area contributed by atoms with Crippen LogP contribution in [0.4, 0.5) is 5.69 Å². The minimum Gasteiger partial charge on any atom is -0.507 e. The predicted octanol–water partition coefficient (Wildman–Crippen LogP) is 5.33. The number of Topliss-reactive ketones (excluding diaryl/α,β-unsaturated/α-hetero) is 1. The van der Waals surface area contributed by atoms with Gasteiger partial charge < -0.3 is 9.84 Å². The molecule has 1 amide bonds. The highest BCUT2D eigenvalue weighted by Crippen LogP contribution is 2.42. The molecule has 0 spiro atoms. The molecule has 5 nitrogen and oxygen atoms in total. The van der Waals surface area contributed by atoms with Crippen molar-refractivity contribution in [2.45, 2.75) is 26.8 Å². The van der Waals surface area contributed by atoms with E-state index in [2.05, 4.69) is 0 Å². The zero-order valence-electron chi connectivity index (χ0n) is 18.3. The molecule has 0 saturated carbocycles. The Kier molecular flexibility index (Phi) is 5.82. The maximum absolute atomic E-state index is 13.2. The van der Waals surface area contributed by atoms with E-state index in [1.54, 1.807) is 30.3 Å². The summed E-state index contributed by atoms with van der Waals surface area (Å²) in [6.07, 6.45) is 0. The monoisotopic (exact) mass is 427 g/mol. The van der Waals surface area contributed by atoms with Crippen molar-refractivity contribution in [1.29, 1.82) is 0 Å². The van der Waals surface area contributed by atoms with Gasteiger partial charge in [-0.05, 0) is 67.8 Å². The van der Waals surface area contributed by atoms with Crippen LogP contribution in [0.15, 0.2) is 78.4 Å². The van der Waals surface area contributed by atoms with E-state index in [4.69, 9.17) is 4.74 Å². The largest absolute Gasteiger partial charge is 0.507 e. The van der Waals surface area contributed by atoms with Gasteiger partial charge in [-0.3, -0.25) is 14.5 Å². The summed E-state index contributed by atoms with van der Waals surface area (Å²) in [5, 5.41) is 11.2. The second-order valence-corrected chi connectivity index (χ2v) is 7.81. The number of ether oxygens (including phenoxy) is 1. The van der Waals surface area contributed by atoms with E-state index in [0.717, 1.165) is 11.1 Å². The quantitative estimate of drug-likeness (QED) is 0.340. The van der Waals surface area contributed by atoms with Gasteiger partial charge in [-0.2, -0.15) is 0 Å². The van der Waals surface area contributed by atoms with Crippen molar-refractivity contribution >= 4 is 23.1 Å². The van der Waals surface area contributed by atoms with Crippen LogP contribution >= 0.6 is 0 Å². The molecule has 1 atom stereocenters. The smallest absolute Gasteiger partial charge is 0.300 e. The third kappa shape index (κ3) is 3.78. The first kappa shape index (κ1) is 21.4. The number of nitrogens with zero attached hydrogens (tertiary/aromatic N) is 1. The van der Waals surface area contributed by atoms with Gasteiger partial charge in [-0.15, -0.1) is 0 Å². The van der Waals surface area contributed by atoms with Crippen LogP contribution in [0, 0.1) is 13.8 Å². The molecular weight excluding hydrogens is 402 g/mol. The van der Waals surface area contributed by atoms with Crippen molar-refractivity contribution in [3.63, 3.8) is 0 Å². The molecule has 1 saturated heterocycles. The van der Waals surface area contributed by atoms with Crippen LogP contribution in [-0.4, -0.2) is 23.4 Å². The highest BCUT2D eigenvalue weighted by Gasteiger charge is 2.46. The summed E-state index contributed by atoms with van der Waals surface area (Å²) in [4.78, 5) is 27.8. The van der Waals surface area contributed by atoms with Crippen molar-refractivity contribution in [2.75, 3.05) is 11.5 Å². The van der Waals surface area contributed by atoms with Crippen molar-refractivity contribution in [1.82, 2.24) is 0 Å². The van der Waals surface area contributed by atoms with Gasteiger partial charge in [-0.25, -0.2) is 0 Å². The van der Waals surface area contributed by atoms with Crippen LogP contribution in [0.1, 0.15) is 35.2 Å². The average molecular weight is 428 g/mol. The Morgan fingerprint density at radius 3 is 2.25 bits per heavy atom. The van der Waals surface area contributed by atoms with Crippen LogP contribution < -0.4 is 9.64 Å². The zero-order valence-corrected chi connectivity index (χ0v) is 18.3. The van der Waals surface area contributed by atoms with E-state index in [0.29, 0.717) is 29.2 Å². The van der Waals surface area contributed by atoms with Crippen LogP contribution in [-0.2, 0) is 9.59 Å². The normalized spacial score (nSPS) is 17.6. The summed E-state index contributed by atoms with van der Waals surface area (Å²) in [6, 6.07) is 21.0. The molecule has 1 aliphatic heterocycles. The standard InChI is InChI=1S/C27H25NO4/c1-4-32-22-14-12-19(13-15-22)24-23(25(29)20-11-10-17(2)18(3)16-20)26(30)27(31)28(24)21-8-6-5-7-9-21/h5-16,24,29H,4H2,1-3H3/b25-23-. The van der Waals surface area contributed by atoms with E-state index < -0.39 is 17.7 Å². The summed E-state index contributed by atoms with van der Waals surface area (Å²) in [5.74, 6) is -0.852. The highest BCUT2D eigenvalue weighted by molar-refractivity contribution is 6.51. The summed E-state index contributed by atoms with van der Waals surface area (Å²) in [5.41, 5.74) is 3.95. The van der Waals surface area contributed by atoms with Gasteiger partial charge in [-0.1, -0.05) is 42.5 Å². The molecule has 0 bridgehead atoms. The molecule has 1 N–H and O–H groups in total. The van der Waals surface area contributed by atoms with Gasteiger partial charge in [0.05, 0.1) is 18.2 Å². The van der Waals surface area contributed by atoms with Crippen LogP contribution in [0.2, 0.25) is 0 Å². The molecule has 32 heavy (non-hydrogen) atoms. The fraction of sp³-hybridized carbons (Fsp3) is 0.185. The Morgan fingerprint density at radius 2 is 1.62 bits per heavy atom. The molecule has 1 unspecified atom stereocenters. The van der Waals surface area contributed by atoms with Crippen LogP contribution in [0.25, 0.3) is 5.76 Å². The maximum Gasteiger partial charge on any atom is 0.300 e. The average Bonchev–Trinajstić information content (AvgIpc) is 3.07. The highest BCUT2D eigenvalue weighted by atomic mass is 16.5. The molecule has 0 radical (unpaired) electrons. The molecule has 0 aromatic heterocycles. The number of carbonyl (C=O) groups is 2. The van der Waals surface area contributed by atoms with Crippen molar-refractivity contribution in [3.05, 3.63) is 101 Å². The number of benzene rings is 3. The number of ketones is 1. The molecule has 1 heterocycles. The number of amides is 1. The van der Waals surface area contributed by atoms with Gasteiger partial charge in [0.1, 0.15) is 11.5 Å². The fourth-order valence-corrected chi connectivity index (χ4v) is 3.96. The third-order valence-corrected chi connectivity index (χ3v) is 5.77. The minimum absolute atomic E-state index is 0.0752. The lowest BCUT2D eigenvalue weighted by Crippen LogP contribution is -2.29. The predicted molar refractivity (Wildman–Crippen MR) is 125 cm³/mol. The number of aryl methyl sites for hydroxylation is 2. The lowest BCUT2D eigenvalue weighted by molar-refractivity contribution is -0.132. The van der Waals surface area contributed by atoms with Crippen molar-refractivity contribution < 1.29 is 19.4 Å². The van der Waals surface area contributed by atoms with Crippen LogP contribution in [0.3, 0.4) is 0 Å². The summed E-state index contributed by atoms with van der Waals surface area (Å²) in [6.45, 7) is 6.36. The number of hydrogen-bond donors (Lipinski definition) is 1. The van der Waals surface area contributed by atoms with E-state index in [9.17, 15) is 14.7 Å². The lowest BCUT2D eigenvalue weighted by Gasteiger charge is -2.25. The molecule has 3 aromatic rings. The molecule has 5 heteroatoms. The zero-order chi connectivity index (χ0) is 22.8. The molecule has 3 aromatic carbocycles. The summed E-state index contributed by atoms with van der Waals surface area (Å²) >= 11 is 0. The lowest BCUT2D eigenvalue weighted by atomic mass is 9.94. The first-order valence-electron chi connectivity index (χ1n) is 10.6. The van der Waals surface area contributed by atoms with E-state index in [1.165, 1.54) is 4.90 Å². The number of hydrogen-bond acceptors (Lipinski definition) is 4. The van der Waals surface area contributed by atoms with E-state index in [-0.39, 0.29) is 11.3 Å².